The molecule has 1 unspecified atom stereocenters. The highest BCUT2D eigenvalue weighted by Gasteiger charge is 2.23. The average Bonchev–Trinajstić information content (AvgIpc) is 3.07. The van der Waals surface area contributed by atoms with Gasteiger partial charge in [0.1, 0.15) is 11.6 Å². The van der Waals surface area contributed by atoms with Crippen LogP contribution in [0.4, 0.5) is 10.6 Å². The van der Waals surface area contributed by atoms with Crippen LogP contribution in [0.3, 0.4) is 0 Å². The summed E-state index contributed by atoms with van der Waals surface area (Å²) >= 11 is 0. The molecule has 0 aliphatic heterocycles. The molecule has 1 aliphatic rings. The molecule has 0 aromatic carbocycles. The first-order valence-corrected chi connectivity index (χ1v) is 8.45. The average molecular weight is 342 g/mol. The van der Waals surface area contributed by atoms with Crippen molar-refractivity contribution < 1.29 is 14.0 Å². The van der Waals surface area contributed by atoms with Crippen molar-refractivity contribution in [3.05, 3.63) is 47.5 Å². The summed E-state index contributed by atoms with van der Waals surface area (Å²) in [4.78, 5) is 28.0. The number of aryl methyl sites for hydroxylation is 2. The predicted octanol–water partition coefficient (Wildman–Crippen LogP) is 2.69. The maximum absolute atomic E-state index is 12.0. The number of rotatable bonds is 5. The zero-order valence-corrected chi connectivity index (χ0v) is 14.2. The van der Waals surface area contributed by atoms with Crippen LogP contribution in [-0.4, -0.2) is 23.5 Å². The van der Waals surface area contributed by atoms with Gasteiger partial charge in [-0.25, -0.2) is 9.78 Å². The number of nitrogens with one attached hydrogen (secondary N) is 3. The van der Waals surface area contributed by atoms with Crippen LogP contribution in [-0.2, 0) is 11.2 Å². The van der Waals surface area contributed by atoms with E-state index in [0.717, 1.165) is 36.1 Å². The Morgan fingerprint density at radius 2 is 2.20 bits per heavy atom. The lowest BCUT2D eigenvalue weighted by atomic mass is 9.93. The van der Waals surface area contributed by atoms with Crippen LogP contribution in [0.1, 0.15) is 42.2 Å². The third-order valence-electron chi connectivity index (χ3n) is 4.17. The second kappa shape index (κ2) is 7.83. The molecule has 0 saturated heterocycles. The van der Waals surface area contributed by atoms with Crippen LogP contribution in [0, 0.1) is 6.92 Å². The Morgan fingerprint density at radius 3 is 3.00 bits per heavy atom. The van der Waals surface area contributed by atoms with E-state index in [0.29, 0.717) is 5.82 Å². The molecule has 1 aliphatic carbocycles. The number of hydrogen-bond acceptors (Lipinski definition) is 4. The Kier molecular flexibility index (Phi) is 5.33. The molecule has 7 nitrogen and oxygen atoms in total. The van der Waals surface area contributed by atoms with E-state index in [1.54, 1.807) is 18.5 Å². The molecule has 0 bridgehead atoms. The molecule has 2 heterocycles. The minimum atomic E-state index is -0.277. The van der Waals surface area contributed by atoms with Gasteiger partial charge < -0.3 is 20.4 Å². The molecule has 25 heavy (non-hydrogen) atoms. The standard InChI is InChI=1S/C18H22N4O3/c1-12-5-6-16(20-11-12)22-17(23)7-9-19-18(24)21-14-3-2-4-15-13(14)8-10-25-15/h5-6,8,10-11,14H,2-4,7,9H2,1H3,(H2,19,21,24)(H,20,22,23). The van der Waals surface area contributed by atoms with Crippen LogP contribution in [0.25, 0.3) is 0 Å². The lowest BCUT2D eigenvalue weighted by Gasteiger charge is -2.22. The van der Waals surface area contributed by atoms with E-state index in [9.17, 15) is 9.59 Å². The summed E-state index contributed by atoms with van der Waals surface area (Å²) in [6.07, 6.45) is 6.32. The smallest absolute Gasteiger partial charge is 0.315 e. The fourth-order valence-electron chi connectivity index (χ4n) is 2.88. The molecule has 3 amide bonds. The van der Waals surface area contributed by atoms with Gasteiger partial charge in [0.15, 0.2) is 0 Å². The molecule has 2 aromatic rings. The Bertz CT molecular complexity index is 739. The number of urea groups is 1. The number of anilines is 1. The third-order valence-corrected chi connectivity index (χ3v) is 4.17. The molecule has 132 valence electrons. The van der Waals surface area contributed by atoms with Gasteiger partial charge in [-0.2, -0.15) is 0 Å². The van der Waals surface area contributed by atoms with E-state index in [1.165, 1.54) is 0 Å². The Labute approximate surface area is 146 Å². The molecule has 3 N–H and O–H groups in total. The zero-order chi connectivity index (χ0) is 17.6. The van der Waals surface area contributed by atoms with E-state index >= 15 is 0 Å². The highest BCUT2D eigenvalue weighted by Crippen LogP contribution is 2.30. The van der Waals surface area contributed by atoms with E-state index in [-0.39, 0.29) is 30.9 Å². The SMILES string of the molecule is Cc1ccc(NC(=O)CCNC(=O)NC2CCCc3occc32)nc1. The van der Waals surface area contributed by atoms with Crippen molar-refractivity contribution in [2.75, 3.05) is 11.9 Å². The molecule has 0 spiro atoms. The van der Waals surface area contributed by atoms with E-state index < -0.39 is 0 Å². The van der Waals surface area contributed by atoms with E-state index in [4.69, 9.17) is 4.42 Å². The number of aromatic nitrogens is 1. The van der Waals surface area contributed by atoms with Gasteiger partial charge >= 0.3 is 6.03 Å². The van der Waals surface area contributed by atoms with Crippen molar-refractivity contribution in [2.45, 2.75) is 38.6 Å². The lowest BCUT2D eigenvalue weighted by Crippen LogP contribution is -2.40. The molecular formula is C18H22N4O3. The van der Waals surface area contributed by atoms with Gasteiger partial charge in [0.25, 0.3) is 0 Å². The van der Waals surface area contributed by atoms with Crippen molar-refractivity contribution in [3.8, 4) is 0 Å². The fourth-order valence-corrected chi connectivity index (χ4v) is 2.88. The number of fused-ring (bicyclic) bond motifs is 1. The highest BCUT2D eigenvalue weighted by atomic mass is 16.3. The van der Waals surface area contributed by atoms with Crippen LogP contribution in [0.2, 0.25) is 0 Å². The van der Waals surface area contributed by atoms with Crippen LogP contribution < -0.4 is 16.0 Å². The molecule has 0 saturated carbocycles. The lowest BCUT2D eigenvalue weighted by molar-refractivity contribution is -0.116. The van der Waals surface area contributed by atoms with E-state index in [2.05, 4.69) is 20.9 Å². The molecular weight excluding hydrogens is 320 g/mol. The van der Waals surface area contributed by atoms with Crippen molar-refractivity contribution in [1.29, 1.82) is 0 Å². The molecule has 2 aromatic heterocycles. The number of pyridine rings is 1. The summed E-state index contributed by atoms with van der Waals surface area (Å²) < 4.78 is 5.41. The van der Waals surface area contributed by atoms with Gasteiger partial charge in [0.2, 0.25) is 5.91 Å². The van der Waals surface area contributed by atoms with Crippen molar-refractivity contribution in [2.24, 2.45) is 0 Å². The van der Waals surface area contributed by atoms with Crippen molar-refractivity contribution in [3.63, 3.8) is 0 Å². The number of furan rings is 1. The van der Waals surface area contributed by atoms with Gasteiger partial charge in [0.05, 0.1) is 12.3 Å². The zero-order valence-electron chi connectivity index (χ0n) is 14.2. The number of carbonyl (C=O) groups is 2. The Hall–Kier alpha value is -2.83. The van der Waals surface area contributed by atoms with Gasteiger partial charge in [0, 0.05) is 31.1 Å². The minimum absolute atomic E-state index is 0.0342. The number of nitrogens with zero attached hydrogens (tertiary/aromatic N) is 1. The first kappa shape index (κ1) is 17.0. The van der Waals surface area contributed by atoms with E-state index in [1.807, 2.05) is 19.1 Å². The molecule has 3 rings (SSSR count). The quantitative estimate of drug-likeness (QED) is 0.778. The summed E-state index contributed by atoms with van der Waals surface area (Å²) in [6, 6.07) is 5.22. The summed E-state index contributed by atoms with van der Waals surface area (Å²) in [7, 11) is 0. The van der Waals surface area contributed by atoms with Crippen molar-refractivity contribution >= 4 is 17.8 Å². The van der Waals surface area contributed by atoms with Crippen molar-refractivity contribution in [1.82, 2.24) is 15.6 Å². The first-order valence-electron chi connectivity index (χ1n) is 8.45. The molecule has 7 heteroatoms. The van der Waals surface area contributed by atoms with Crippen LogP contribution >= 0.6 is 0 Å². The van der Waals surface area contributed by atoms with Gasteiger partial charge in [-0.15, -0.1) is 0 Å². The van der Waals surface area contributed by atoms with Gasteiger partial charge in [-0.05, 0) is 37.5 Å². The number of carbonyl (C=O) groups excluding carboxylic acids is 2. The number of hydrogen-bond donors (Lipinski definition) is 3. The predicted molar refractivity (Wildman–Crippen MR) is 93.1 cm³/mol. The van der Waals surface area contributed by atoms with Gasteiger partial charge in [-0.3, -0.25) is 4.79 Å². The third kappa shape index (κ3) is 4.59. The summed E-state index contributed by atoms with van der Waals surface area (Å²) in [6.45, 7) is 2.19. The Balaban J connectivity index is 1.40. The largest absolute Gasteiger partial charge is 0.469 e. The second-order valence-corrected chi connectivity index (χ2v) is 6.16. The summed E-state index contributed by atoms with van der Waals surface area (Å²) in [5, 5.41) is 8.35. The molecule has 0 fully saturated rings. The molecule has 1 atom stereocenters. The summed E-state index contributed by atoms with van der Waals surface area (Å²) in [5.41, 5.74) is 2.07. The van der Waals surface area contributed by atoms with Crippen LogP contribution in [0.5, 0.6) is 0 Å². The highest BCUT2D eigenvalue weighted by molar-refractivity contribution is 5.90. The monoisotopic (exact) mass is 342 g/mol. The summed E-state index contributed by atoms with van der Waals surface area (Å²) in [5.74, 6) is 1.27. The maximum Gasteiger partial charge on any atom is 0.315 e. The van der Waals surface area contributed by atoms with Gasteiger partial charge in [-0.1, -0.05) is 6.07 Å². The first-order chi connectivity index (χ1) is 12.1. The molecule has 0 radical (unpaired) electrons. The Morgan fingerprint density at radius 1 is 1.32 bits per heavy atom. The fraction of sp³-hybridized carbons (Fsp3) is 0.389. The number of amides is 3. The normalized spacial score (nSPS) is 16.0. The minimum Gasteiger partial charge on any atom is -0.469 e. The second-order valence-electron chi connectivity index (χ2n) is 6.16. The topological polar surface area (TPSA) is 96.3 Å². The maximum atomic E-state index is 12.0. The van der Waals surface area contributed by atoms with Crippen LogP contribution in [0.15, 0.2) is 35.1 Å².